The van der Waals surface area contributed by atoms with Crippen molar-refractivity contribution in [1.82, 2.24) is 19.7 Å². The van der Waals surface area contributed by atoms with Crippen molar-refractivity contribution in [2.75, 3.05) is 30.4 Å². The lowest BCUT2D eigenvalue weighted by molar-refractivity contribution is -0.120. The van der Waals surface area contributed by atoms with Crippen molar-refractivity contribution in [2.24, 2.45) is 0 Å². The number of hydrogen-bond donors (Lipinski definition) is 1. The fraction of sp³-hybridized carbons (Fsp3) is 0.304. The number of carbonyl (C=O) groups is 2. The van der Waals surface area contributed by atoms with Crippen molar-refractivity contribution in [3.63, 3.8) is 0 Å². The monoisotopic (exact) mass is 466 g/mol. The molecule has 1 fully saturated rings. The molecular formula is C23H23ClN6O3. The number of halogens is 1. The van der Waals surface area contributed by atoms with Gasteiger partial charge in [-0.2, -0.15) is 5.10 Å². The molecule has 0 saturated carbocycles. The van der Waals surface area contributed by atoms with Crippen LogP contribution in [0.4, 0.5) is 16.2 Å². The van der Waals surface area contributed by atoms with Crippen LogP contribution in [-0.2, 0) is 11.3 Å². The molecule has 9 nitrogen and oxygen atoms in total. The largest absolute Gasteiger partial charge is 0.482 e. The first-order valence-electron chi connectivity index (χ1n) is 10.7. The Kier molecular flexibility index (Phi) is 5.63. The van der Waals surface area contributed by atoms with E-state index in [1.165, 1.54) is 11.2 Å². The van der Waals surface area contributed by atoms with Crippen molar-refractivity contribution in [3.05, 3.63) is 65.2 Å². The molecule has 2 aromatic carbocycles. The molecule has 170 valence electrons. The van der Waals surface area contributed by atoms with E-state index in [0.29, 0.717) is 35.2 Å². The van der Waals surface area contributed by atoms with E-state index in [9.17, 15) is 9.59 Å². The number of amides is 3. The number of rotatable bonds is 4. The summed E-state index contributed by atoms with van der Waals surface area (Å²) in [6, 6.07) is 12.5. The summed E-state index contributed by atoms with van der Waals surface area (Å²) in [5.41, 5.74) is 2.28. The van der Waals surface area contributed by atoms with Crippen LogP contribution in [0.25, 0.3) is 0 Å². The molecule has 5 rings (SSSR count). The number of urea groups is 1. The van der Waals surface area contributed by atoms with Crippen molar-refractivity contribution in [3.8, 4) is 5.75 Å². The fourth-order valence-electron chi connectivity index (χ4n) is 4.24. The molecule has 0 bridgehead atoms. The fourth-order valence-corrected chi connectivity index (χ4v) is 4.37. The number of benzene rings is 2. The third-order valence-corrected chi connectivity index (χ3v) is 6.25. The maximum atomic E-state index is 13.2. The van der Waals surface area contributed by atoms with Crippen molar-refractivity contribution in [2.45, 2.75) is 25.4 Å². The molecule has 0 aliphatic carbocycles. The van der Waals surface area contributed by atoms with Gasteiger partial charge in [-0.3, -0.25) is 4.79 Å². The highest BCUT2D eigenvalue weighted by molar-refractivity contribution is 6.30. The van der Waals surface area contributed by atoms with E-state index in [1.807, 2.05) is 28.9 Å². The number of nitrogens with one attached hydrogen (secondary N) is 1. The van der Waals surface area contributed by atoms with E-state index in [4.69, 9.17) is 16.3 Å². The van der Waals surface area contributed by atoms with Crippen LogP contribution >= 0.6 is 11.6 Å². The van der Waals surface area contributed by atoms with Gasteiger partial charge >= 0.3 is 6.03 Å². The molecule has 3 heterocycles. The third-order valence-electron chi connectivity index (χ3n) is 6.00. The van der Waals surface area contributed by atoms with Gasteiger partial charge in [-0.25, -0.2) is 14.5 Å². The molecule has 3 aromatic rings. The Hall–Kier alpha value is -3.59. The summed E-state index contributed by atoms with van der Waals surface area (Å²) in [5.74, 6) is 1.23. The first-order chi connectivity index (χ1) is 16.0. The first-order valence-corrected chi connectivity index (χ1v) is 11.1. The molecule has 1 atom stereocenters. The molecular weight excluding hydrogens is 444 g/mol. The van der Waals surface area contributed by atoms with E-state index in [0.717, 1.165) is 24.2 Å². The number of fused-ring (bicyclic) bond motifs is 1. The summed E-state index contributed by atoms with van der Waals surface area (Å²) < 4.78 is 7.29. The average molecular weight is 467 g/mol. The summed E-state index contributed by atoms with van der Waals surface area (Å²) in [4.78, 5) is 32.9. The minimum absolute atomic E-state index is 0.0152. The van der Waals surface area contributed by atoms with Crippen LogP contribution in [0.5, 0.6) is 5.75 Å². The van der Waals surface area contributed by atoms with Gasteiger partial charge in [-0.1, -0.05) is 23.7 Å². The summed E-state index contributed by atoms with van der Waals surface area (Å²) in [6.45, 7) is 1.18. The second kappa shape index (κ2) is 8.74. The number of ether oxygens (including phenoxy) is 1. The lowest BCUT2D eigenvalue weighted by Crippen LogP contribution is -2.36. The lowest BCUT2D eigenvalue weighted by atomic mass is 10.2. The van der Waals surface area contributed by atoms with E-state index in [2.05, 4.69) is 15.4 Å². The van der Waals surface area contributed by atoms with E-state index in [-0.39, 0.29) is 24.6 Å². The molecule has 2 aliphatic rings. The Bertz CT molecular complexity index is 1200. The highest BCUT2D eigenvalue weighted by atomic mass is 35.5. The van der Waals surface area contributed by atoms with Gasteiger partial charge in [0.1, 0.15) is 17.9 Å². The molecule has 0 radical (unpaired) electrons. The number of likely N-dealkylation sites (tertiary alicyclic amines) is 1. The maximum Gasteiger partial charge on any atom is 0.322 e. The Balaban J connectivity index is 1.33. The summed E-state index contributed by atoms with van der Waals surface area (Å²) in [7, 11) is 1.69. The van der Waals surface area contributed by atoms with Crippen molar-refractivity contribution < 1.29 is 14.3 Å². The van der Waals surface area contributed by atoms with Crippen LogP contribution in [0.15, 0.2) is 48.8 Å². The van der Waals surface area contributed by atoms with Crippen LogP contribution < -0.4 is 15.0 Å². The number of anilines is 2. The number of carbonyl (C=O) groups excluding carboxylic acids is 2. The standard InChI is InChI=1S/C23H23ClN6O3/c1-28-19-11-17(8-9-20(19)33-13-21(28)31)27-23(32)29-10-2-3-18(29)22-25-14-26-30(22)12-15-4-6-16(24)7-5-15/h4-9,11,14,18H,2-3,10,12-13H2,1H3,(H,27,32)/t18-/m1/s1. The second-order valence-electron chi connectivity index (χ2n) is 8.11. The van der Waals surface area contributed by atoms with Gasteiger partial charge in [0.05, 0.1) is 18.3 Å². The summed E-state index contributed by atoms with van der Waals surface area (Å²) in [6.07, 6.45) is 3.21. The Morgan fingerprint density at radius 3 is 2.88 bits per heavy atom. The maximum absolute atomic E-state index is 13.2. The van der Waals surface area contributed by atoms with Crippen LogP contribution in [0.1, 0.15) is 30.3 Å². The van der Waals surface area contributed by atoms with Crippen LogP contribution in [0, 0.1) is 0 Å². The molecule has 2 aliphatic heterocycles. The van der Waals surface area contributed by atoms with Gasteiger partial charge in [-0.15, -0.1) is 0 Å². The van der Waals surface area contributed by atoms with E-state index >= 15 is 0 Å². The molecule has 33 heavy (non-hydrogen) atoms. The topological polar surface area (TPSA) is 92.6 Å². The summed E-state index contributed by atoms with van der Waals surface area (Å²) in [5, 5.41) is 8.02. The first kappa shape index (κ1) is 21.3. The molecule has 10 heteroatoms. The van der Waals surface area contributed by atoms with Crippen LogP contribution in [-0.4, -0.2) is 51.8 Å². The zero-order valence-corrected chi connectivity index (χ0v) is 18.8. The van der Waals surface area contributed by atoms with Crippen LogP contribution in [0.3, 0.4) is 0 Å². The van der Waals surface area contributed by atoms with Crippen molar-refractivity contribution in [1.29, 1.82) is 0 Å². The Labute approximate surface area is 195 Å². The minimum Gasteiger partial charge on any atom is -0.482 e. The van der Waals surface area contributed by atoms with Gasteiger partial charge in [0.2, 0.25) is 0 Å². The predicted molar refractivity (Wildman–Crippen MR) is 124 cm³/mol. The quantitative estimate of drug-likeness (QED) is 0.632. The van der Waals surface area contributed by atoms with Crippen molar-refractivity contribution >= 4 is 34.9 Å². The third kappa shape index (κ3) is 4.23. The van der Waals surface area contributed by atoms with Gasteiger partial charge in [0.15, 0.2) is 6.61 Å². The molecule has 0 unspecified atom stereocenters. The minimum atomic E-state index is -0.218. The highest BCUT2D eigenvalue weighted by Crippen LogP contribution is 2.35. The van der Waals surface area contributed by atoms with Gasteiger partial charge < -0.3 is 19.9 Å². The lowest BCUT2D eigenvalue weighted by Gasteiger charge is -2.27. The predicted octanol–water partition coefficient (Wildman–Crippen LogP) is 3.70. The highest BCUT2D eigenvalue weighted by Gasteiger charge is 2.33. The Morgan fingerprint density at radius 2 is 2.06 bits per heavy atom. The van der Waals surface area contributed by atoms with Gasteiger partial charge in [0.25, 0.3) is 5.91 Å². The summed E-state index contributed by atoms with van der Waals surface area (Å²) >= 11 is 5.99. The van der Waals surface area contributed by atoms with Gasteiger partial charge in [0, 0.05) is 24.3 Å². The smallest absolute Gasteiger partial charge is 0.322 e. The number of nitrogens with zero attached hydrogens (tertiary/aromatic N) is 5. The zero-order chi connectivity index (χ0) is 22.9. The SMILES string of the molecule is CN1C(=O)COc2ccc(NC(=O)N3CCC[C@@H]3c3ncnn3Cc3ccc(Cl)cc3)cc21. The number of likely N-dealkylation sites (N-methyl/N-ethyl adjacent to an activating group) is 1. The molecule has 1 saturated heterocycles. The van der Waals surface area contributed by atoms with Crippen LogP contribution in [0.2, 0.25) is 5.02 Å². The van der Waals surface area contributed by atoms with E-state index in [1.54, 1.807) is 30.1 Å². The zero-order valence-electron chi connectivity index (χ0n) is 18.1. The molecule has 3 amide bonds. The molecule has 0 spiro atoms. The number of aromatic nitrogens is 3. The Morgan fingerprint density at radius 1 is 1.24 bits per heavy atom. The normalized spacial score (nSPS) is 17.6. The molecule has 1 aromatic heterocycles. The average Bonchev–Trinajstić information content (AvgIpc) is 3.47. The van der Waals surface area contributed by atoms with E-state index < -0.39 is 0 Å². The van der Waals surface area contributed by atoms with Gasteiger partial charge in [-0.05, 0) is 48.7 Å². The molecule has 1 N–H and O–H groups in total. The number of hydrogen-bond acceptors (Lipinski definition) is 5. The second-order valence-corrected chi connectivity index (χ2v) is 8.54.